The van der Waals surface area contributed by atoms with Gasteiger partial charge >= 0.3 is 0 Å². The van der Waals surface area contributed by atoms with Crippen LogP contribution in [-0.2, 0) is 19.6 Å². The fraction of sp³-hybridized carbons (Fsp3) is 0.333. The summed E-state index contributed by atoms with van der Waals surface area (Å²) in [6.07, 6.45) is 2.38. The molecular formula is C12H14O3. The molecule has 1 aromatic carbocycles. The third-order valence-corrected chi connectivity index (χ3v) is 2.73. The van der Waals surface area contributed by atoms with Crippen LogP contribution in [0.25, 0.3) is 11.0 Å². The van der Waals surface area contributed by atoms with Crippen LogP contribution in [-0.4, -0.2) is 10.2 Å². The van der Waals surface area contributed by atoms with Gasteiger partial charge in [-0.3, -0.25) is 0 Å². The molecular weight excluding hydrogens is 192 g/mol. The largest absolute Gasteiger partial charge is 0.464 e. The molecule has 0 saturated heterocycles. The molecule has 1 heterocycles. The molecule has 15 heavy (non-hydrogen) atoms. The minimum absolute atomic E-state index is 0.00269. The molecule has 0 unspecified atom stereocenters. The molecule has 0 atom stereocenters. The maximum atomic E-state index is 9.34. The topological polar surface area (TPSA) is 53.6 Å². The monoisotopic (exact) mass is 206 g/mol. The van der Waals surface area contributed by atoms with E-state index in [-0.39, 0.29) is 13.2 Å². The van der Waals surface area contributed by atoms with E-state index in [2.05, 4.69) is 0 Å². The Morgan fingerprint density at radius 1 is 1.20 bits per heavy atom. The van der Waals surface area contributed by atoms with Gasteiger partial charge in [-0.1, -0.05) is 6.92 Å². The van der Waals surface area contributed by atoms with Crippen LogP contribution in [0.2, 0.25) is 0 Å². The summed E-state index contributed by atoms with van der Waals surface area (Å²) in [7, 11) is 0. The Labute approximate surface area is 88.0 Å². The molecule has 0 radical (unpaired) electrons. The lowest BCUT2D eigenvalue weighted by Crippen LogP contribution is -1.99. The molecule has 2 rings (SSSR count). The van der Waals surface area contributed by atoms with Crippen LogP contribution in [0.15, 0.2) is 22.8 Å². The lowest BCUT2D eigenvalue weighted by Gasteiger charge is -2.10. The molecule has 0 aliphatic heterocycles. The van der Waals surface area contributed by atoms with Gasteiger partial charge in [0.05, 0.1) is 19.5 Å². The smallest absolute Gasteiger partial charge is 0.139 e. The van der Waals surface area contributed by atoms with Crippen LogP contribution >= 0.6 is 0 Å². The number of furan rings is 1. The van der Waals surface area contributed by atoms with E-state index in [4.69, 9.17) is 4.42 Å². The Morgan fingerprint density at radius 2 is 2.00 bits per heavy atom. The molecule has 0 saturated carbocycles. The molecule has 0 aliphatic carbocycles. The van der Waals surface area contributed by atoms with Gasteiger partial charge in [0, 0.05) is 10.9 Å². The molecule has 0 spiro atoms. The van der Waals surface area contributed by atoms with E-state index in [0.29, 0.717) is 0 Å². The maximum Gasteiger partial charge on any atom is 0.139 e. The number of fused-ring (bicyclic) bond motifs is 1. The van der Waals surface area contributed by atoms with Gasteiger partial charge in [-0.25, -0.2) is 0 Å². The first-order chi connectivity index (χ1) is 7.31. The molecule has 1 aromatic heterocycles. The highest BCUT2D eigenvalue weighted by molar-refractivity contribution is 5.82. The highest BCUT2D eigenvalue weighted by Gasteiger charge is 2.12. The summed E-state index contributed by atoms with van der Waals surface area (Å²) >= 11 is 0. The average molecular weight is 206 g/mol. The first-order valence-corrected chi connectivity index (χ1v) is 5.04. The van der Waals surface area contributed by atoms with Crippen molar-refractivity contribution in [3.8, 4) is 0 Å². The van der Waals surface area contributed by atoms with Crippen molar-refractivity contribution in [2.75, 3.05) is 0 Å². The van der Waals surface area contributed by atoms with E-state index < -0.39 is 0 Å². The van der Waals surface area contributed by atoms with Gasteiger partial charge in [0.2, 0.25) is 0 Å². The van der Waals surface area contributed by atoms with Crippen LogP contribution < -0.4 is 0 Å². The minimum atomic E-state index is -0.0545. The summed E-state index contributed by atoms with van der Waals surface area (Å²) in [5.74, 6) is 0. The number of benzene rings is 1. The summed E-state index contributed by atoms with van der Waals surface area (Å²) in [5, 5.41) is 19.5. The number of rotatable bonds is 3. The fourth-order valence-corrected chi connectivity index (χ4v) is 2.03. The van der Waals surface area contributed by atoms with Crippen molar-refractivity contribution in [1.82, 2.24) is 0 Å². The Morgan fingerprint density at radius 3 is 2.60 bits per heavy atom. The lowest BCUT2D eigenvalue weighted by atomic mass is 9.97. The highest BCUT2D eigenvalue weighted by Crippen LogP contribution is 2.27. The molecule has 0 fully saturated rings. The summed E-state index contributed by atoms with van der Waals surface area (Å²) < 4.78 is 5.34. The van der Waals surface area contributed by atoms with Gasteiger partial charge in [0.15, 0.2) is 0 Å². The number of hydrogen-bond donors (Lipinski definition) is 2. The average Bonchev–Trinajstić information content (AvgIpc) is 2.73. The number of aliphatic hydroxyl groups is 2. The normalized spacial score (nSPS) is 11.1. The second-order valence-corrected chi connectivity index (χ2v) is 3.50. The molecule has 0 amide bonds. The third-order valence-electron chi connectivity index (χ3n) is 2.73. The maximum absolute atomic E-state index is 9.34. The van der Waals surface area contributed by atoms with Crippen LogP contribution in [0.5, 0.6) is 0 Å². The van der Waals surface area contributed by atoms with Crippen molar-refractivity contribution in [2.45, 2.75) is 26.6 Å². The first-order valence-electron chi connectivity index (χ1n) is 5.04. The molecule has 2 N–H and O–H groups in total. The van der Waals surface area contributed by atoms with Gasteiger partial charge in [-0.15, -0.1) is 0 Å². The molecule has 80 valence electrons. The first kappa shape index (κ1) is 10.2. The Kier molecular flexibility index (Phi) is 2.75. The molecule has 3 heteroatoms. The van der Waals surface area contributed by atoms with Gasteiger partial charge < -0.3 is 14.6 Å². The molecule has 0 bridgehead atoms. The Hall–Kier alpha value is -1.32. The van der Waals surface area contributed by atoms with Gasteiger partial charge in [0.1, 0.15) is 5.58 Å². The summed E-state index contributed by atoms with van der Waals surface area (Å²) in [6.45, 7) is 1.95. The van der Waals surface area contributed by atoms with Crippen LogP contribution in [0.1, 0.15) is 23.6 Å². The van der Waals surface area contributed by atoms with Gasteiger partial charge in [-0.05, 0) is 29.7 Å². The van der Waals surface area contributed by atoms with Gasteiger partial charge in [0.25, 0.3) is 0 Å². The standard InChI is InChI=1S/C12H14O3/c1-2-10-9(6-13)5-8-3-4-15-12(8)11(10)7-14/h3-5,13-14H,2,6-7H2,1H3. The summed E-state index contributed by atoms with van der Waals surface area (Å²) in [5.41, 5.74) is 3.38. The SMILES string of the molecule is CCc1c(CO)cc2ccoc2c1CO. The second kappa shape index (κ2) is 4.04. The van der Waals surface area contributed by atoms with Crippen molar-refractivity contribution in [2.24, 2.45) is 0 Å². The van der Waals surface area contributed by atoms with Crippen LogP contribution in [0.4, 0.5) is 0 Å². The highest BCUT2D eigenvalue weighted by atomic mass is 16.3. The zero-order chi connectivity index (χ0) is 10.8. The van der Waals surface area contributed by atoms with E-state index in [0.717, 1.165) is 34.1 Å². The van der Waals surface area contributed by atoms with Crippen molar-refractivity contribution in [3.05, 3.63) is 35.1 Å². The van der Waals surface area contributed by atoms with Crippen LogP contribution in [0, 0.1) is 0 Å². The summed E-state index contributed by atoms with van der Waals surface area (Å²) in [6, 6.07) is 3.75. The second-order valence-electron chi connectivity index (χ2n) is 3.50. The summed E-state index contributed by atoms with van der Waals surface area (Å²) in [4.78, 5) is 0. The Balaban J connectivity index is 2.78. The Bertz CT molecular complexity index is 471. The van der Waals surface area contributed by atoms with E-state index in [1.807, 2.05) is 19.1 Å². The quantitative estimate of drug-likeness (QED) is 0.807. The van der Waals surface area contributed by atoms with Crippen LogP contribution in [0.3, 0.4) is 0 Å². The van der Waals surface area contributed by atoms with E-state index in [1.54, 1.807) is 6.26 Å². The fourth-order valence-electron chi connectivity index (χ4n) is 2.03. The number of aliphatic hydroxyl groups excluding tert-OH is 2. The predicted octanol–water partition coefficient (Wildman–Crippen LogP) is 1.98. The molecule has 0 aliphatic rings. The minimum Gasteiger partial charge on any atom is -0.464 e. The predicted molar refractivity (Wildman–Crippen MR) is 57.4 cm³/mol. The van der Waals surface area contributed by atoms with Crippen molar-refractivity contribution < 1.29 is 14.6 Å². The number of hydrogen-bond acceptors (Lipinski definition) is 3. The van der Waals surface area contributed by atoms with Crippen molar-refractivity contribution >= 4 is 11.0 Å². The van der Waals surface area contributed by atoms with E-state index in [1.165, 1.54) is 0 Å². The van der Waals surface area contributed by atoms with E-state index in [9.17, 15) is 10.2 Å². The van der Waals surface area contributed by atoms with Crippen molar-refractivity contribution in [3.63, 3.8) is 0 Å². The van der Waals surface area contributed by atoms with Gasteiger partial charge in [-0.2, -0.15) is 0 Å². The zero-order valence-electron chi connectivity index (χ0n) is 8.66. The zero-order valence-corrected chi connectivity index (χ0v) is 8.66. The van der Waals surface area contributed by atoms with E-state index >= 15 is 0 Å². The third kappa shape index (κ3) is 1.54. The molecule has 3 nitrogen and oxygen atoms in total. The molecule has 2 aromatic rings. The van der Waals surface area contributed by atoms with Crippen molar-refractivity contribution in [1.29, 1.82) is 0 Å². The lowest BCUT2D eigenvalue weighted by molar-refractivity contribution is 0.273.